The molecule has 6 heteroatoms. The quantitative estimate of drug-likeness (QED) is 0.395. The maximum Gasteiger partial charge on any atom is 0.295 e. The van der Waals surface area contributed by atoms with Crippen LogP contribution in [0.2, 0.25) is 0 Å². The molecule has 0 aromatic heterocycles. The van der Waals surface area contributed by atoms with Crippen molar-refractivity contribution < 1.29 is 24.5 Å². The Morgan fingerprint density at radius 2 is 1.59 bits per heavy atom. The van der Waals surface area contributed by atoms with Crippen LogP contribution in [0, 0.1) is 0 Å². The van der Waals surface area contributed by atoms with Gasteiger partial charge >= 0.3 is 0 Å². The van der Waals surface area contributed by atoms with Crippen LogP contribution in [-0.2, 0) is 9.59 Å². The van der Waals surface area contributed by atoms with Gasteiger partial charge in [-0.15, -0.1) is 0 Å². The van der Waals surface area contributed by atoms with Crippen LogP contribution < -0.4 is 4.74 Å². The number of Topliss-reactive ketones (excluding diaryl/α,β-unsaturated/α-hetero) is 1. The summed E-state index contributed by atoms with van der Waals surface area (Å²) in [6.07, 6.45) is 4.83. The number of rotatable bonds is 5. The zero-order valence-corrected chi connectivity index (χ0v) is 18.5. The first-order chi connectivity index (χ1) is 15.4. The minimum atomic E-state index is -0.690. The third kappa shape index (κ3) is 4.22. The number of carbonyl (C=O) groups excluding carboxylic acids is 2. The van der Waals surface area contributed by atoms with Crippen molar-refractivity contribution in [3.05, 3.63) is 65.2 Å². The van der Waals surface area contributed by atoms with Crippen molar-refractivity contribution in [3.63, 3.8) is 0 Å². The predicted octanol–water partition coefficient (Wildman–Crippen LogP) is 4.93. The second kappa shape index (κ2) is 9.07. The van der Waals surface area contributed by atoms with Crippen molar-refractivity contribution in [2.75, 3.05) is 0 Å². The molecule has 1 saturated heterocycles. The number of likely N-dealkylation sites (tertiary alicyclic amines) is 1. The first-order valence-corrected chi connectivity index (χ1v) is 11.2. The van der Waals surface area contributed by atoms with Gasteiger partial charge in [0.05, 0.1) is 17.7 Å². The molecule has 0 radical (unpaired) electrons. The Labute approximate surface area is 188 Å². The van der Waals surface area contributed by atoms with Gasteiger partial charge in [-0.25, -0.2) is 0 Å². The van der Waals surface area contributed by atoms with Gasteiger partial charge in [0.15, 0.2) is 0 Å². The molecule has 1 saturated carbocycles. The fourth-order valence-corrected chi connectivity index (χ4v) is 4.69. The summed E-state index contributed by atoms with van der Waals surface area (Å²) in [7, 11) is 0. The molecule has 168 valence electrons. The largest absolute Gasteiger partial charge is 0.508 e. The summed E-state index contributed by atoms with van der Waals surface area (Å²) in [4.78, 5) is 27.9. The highest BCUT2D eigenvalue weighted by atomic mass is 16.5. The van der Waals surface area contributed by atoms with Crippen molar-refractivity contribution in [3.8, 4) is 11.5 Å². The number of phenolic OH excluding ortho intramolecular Hbond substituents is 1. The van der Waals surface area contributed by atoms with Crippen molar-refractivity contribution >= 4 is 17.4 Å². The summed E-state index contributed by atoms with van der Waals surface area (Å²) in [5.41, 5.74) is 1.23. The van der Waals surface area contributed by atoms with Gasteiger partial charge in [0, 0.05) is 11.6 Å². The third-order valence-corrected chi connectivity index (χ3v) is 6.16. The Bertz CT molecular complexity index is 1020. The first-order valence-electron chi connectivity index (χ1n) is 11.2. The fourth-order valence-electron chi connectivity index (χ4n) is 4.69. The molecular formula is C26H29NO5. The topological polar surface area (TPSA) is 87.1 Å². The van der Waals surface area contributed by atoms with Crippen LogP contribution >= 0.6 is 0 Å². The highest BCUT2D eigenvalue weighted by Gasteiger charge is 2.48. The van der Waals surface area contributed by atoms with Crippen molar-refractivity contribution in [1.82, 2.24) is 4.90 Å². The molecular weight excluding hydrogens is 406 g/mol. The van der Waals surface area contributed by atoms with Gasteiger partial charge in [-0.3, -0.25) is 9.59 Å². The Morgan fingerprint density at radius 1 is 0.969 bits per heavy atom. The van der Waals surface area contributed by atoms with Crippen LogP contribution in [0.3, 0.4) is 0 Å². The van der Waals surface area contributed by atoms with E-state index in [9.17, 15) is 19.8 Å². The minimum Gasteiger partial charge on any atom is -0.508 e. The average Bonchev–Trinajstić information content (AvgIpc) is 3.05. The monoisotopic (exact) mass is 435 g/mol. The molecule has 1 amide bonds. The van der Waals surface area contributed by atoms with Gasteiger partial charge in [-0.1, -0.05) is 31.4 Å². The summed E-state index contributed by atoms with van der Waals surface area (Å²) >= 11 is 0. The second-order valence-electron chi connectivity index (χ2n) is 8.78. The minimum absolute atomic E-state index is 0.0183. The molecule has 6 nitrogen and oxygen atoms in total. The molecule has 32 heavy (non-hydrogen) atoms. The lowest BCUT2D eigenvalue weighted by atomic mass is 9.91. The van der Waals surface area contributed by atoms with Gasteiger partial charge in [0.1, 0.15) is 17.3 Å². The van der Waals surface area contributed by atoms with E-state index >= 15 is 0 Å². The van der Waals surface area contributed by atoms with Crippen LogP contribution in [0.15, 0.2) is 54.1 Å². The van der Waals surface area contributed by atoms with E-state index in [-0.39, 0.29) is 29.2 Å². The zero-order valence-electron chi connectivity index (χ0n) is 18.5. The highest BCUT2D eigenvalue weighted by Crippen LogP contribution is 2.43. The predicted molar refractivity (Wildman–Crippen MR) is 121 cm³/mol. The molecule has 1 heterocycles. The summed E-state index contributed by atoms with van der Waals surface area (Å²) in [6, 6.07) is 12.6. The number of hydrogen-bond donors (Lipinski definition) is 2. The number of aromatic hydroxyl groups is 1. The van der Waals surface area contributed by atoms with E-state index in [1.54, 1.807) is 41.3 Å². The lowest BCUT2D eigenvalue weighted by Gasteiger charge is -2.35. The van der Waals surface area contributed by atoms with E-state index in [4.69, 9.17) is 4.74 Å². The Balaban J connectivity index is 1.79. The molecule has 1 aliphatic heterocycles. The van der Waals surface area contributed by atoms with E-state index in [0.29, 0.717) is 16.9 Å². The van der Waals surface area contributed by atoms with Crippen molar-refractivity contribution in [2.24, 2.45) is 0 Å². The molecule has 0 bridgehead atoms. The van der Waals surface area contributed by atoms with Gasteiger partial charge in [-0.05, 0) is 68.7 Å². The molecule has 1 unspecified atom stereocenters. The number of benzene rings is 2. The molecule has 2 N–H and O–H groups in total. The number of carbonyl (C=O) groups is 2. The van der Waals surface area contributed by atoms with E-state index in [0.717, 1.165) is 32.1 Å². The SMILES string of the molecule is CC(C)Oc1ccc(/C(O)=C2/C(=O)C(=O)N(C3CCCCC3)C2c2ccc(O)cc2)cc1. The zero-order chi connectivity index (χ0) is 22.8. The fraction of sp³-hybridized carbons (Fsp3) is 0.385. The molecule has 0 spiro atoms. The van der Waals surface area contributed by atoms with E-state index in [1.165, 1.54) is 12.1 Å². The van der Waals surface area contributed by atoms with E-state index < -0.39 is 17.7 Å². The lowest BCUT2D eigenvalue weighted by molar-refractivity contribution is -0.141. The van der Waals surface area contributed by atoms with Crippen LogP contribution in [0.1, 0.15) is 63.1 Å². The molecule has 2 aromatic carbocycles. The summed E-state index contributed by atoms with van der Waals surface area (Å²) in [5.74, 6) is -0.681. The standard InChI is InChI=1S/C26H29NO5/c1-16(2)32-21-14-10-18(11-15-21)24(29)22-23(17-8-12-20(28)13-9-17)27(26(31)25(22)30)19-6-4-3-5-7-19/h8-16,19,23,28-29H,3-7H2,1-2H3/b24-22-. The molecule has 1 atom stereocenters. The number of ether oxygens (including phenoxy) is 1. The van der Waals surface area contributed by atoms with Crippen LogP contribution in [0.4, 0.5) is 0 Å². The Morgan fingerprint density at radius 3 is 2.19 bits per heavy atom. The number of amides is 1. The summed E-state index contributed by atoms with van der Waals surface area (Å²) in [6.45, 7) is 3.86. The number of hydrogen-bond acceptors (Lipinski definition) is 5. The van der Waals surface area contributed by atoms with Gasteiger partial charge in [-0.2, -0.15) is 0 Å². The number of ketones is 1. The Kier molecular flexibility index (Phi) is 6.21. The summed E-state index contributed by atoms with van der Waals surface area (Å²) < 4.78 is 5.66. The third-order valence-electron chi connectivity index (χ3n) is 6.16. The number of aliphatic hydroxyl groups is 1. The van der Waals surface area contributed by atoms with Gasteiger partial charge in [0.2, 0.25) is 0 Å². The lowest BCUT2D eigenvalue weighted by Crippen LogP contribution is -2.40. The maximum absolute atomic E-state index is 13.2. The van der Waals surface area contributed by atoms with Crippen molar-refractivity contribution in [2.45, 2.75) is 64.1 Å². The number of nitrogens with zero attached hydrogens (tertiary/aromatic N) is 1. The average molecular weight is 436 g/mol. The molecule has 2 fully saturated rings. The normalized spacial score (nSPS) is 21.3. The molecule has 1 aliphatic carbocycles. The van der Waals surface area contributed by atoms with Crippen LogP contribution in [0.25, 0.3) is 5.76 Å². The number of aliphatic hydroxyl groups excluding tert-OH is 1. The maximum atomic E-state index is 13.2. The highest BCUT2D eigenvalue weighted by molar-refractivity contribution is 6.46. The summed E-state index contributed by atoms with van der Waals surface area (Å²) in [5, 5.41) is 20.9. The van der Waals surface area contributed by atoms with Crippen LogP contribution in [0.5, 0.6) is 11.5 Å². The Hall–Kier alpha value is -3.28. The van der Waals surface area contributed by atoms with Crippen LogP contribution in [-0.4, -0.2) is 38.9 Å². The molecule has 4 rings (SSSR count). The van der Waals surface area contributed by atoms with E-state index in [2.05, 4.69) is 0 Å². The van der Waals surface area contributed by atoms with Crippen molar-refractivity contribution in [1.29, 1.82) is 0 Å². The first kappa shape index (κ1) is 21.9. The molecule has 2 aliphatic rings. The van der Waals surface area contributed by atoms with Gasteiger partial charge < -0.3 is 19.8 Å². The smallest absolute Gasteiger partial charge is 0.295 e. The van der Waals surface area contributed by atoms with Gasteiger partial charge in [0.25, 0.3) is 11.7 Å². The second-order valence-corrected chi connectivity index (χ2v) is 8.78. The van der Waals surface area contributed by atoms with E-state index in [1.807, 2.05) is 13.8 Å². The number of phenols is 1. The molecule has 2 aromatic rings.